The number of non-ortho nitro benzene ring substituents is 1. The zero-order valence-corrected chi connectivity index (χ0v) is 16.0. The minimum absolute atomic E-state index is 0.0955. The van der Waals surface area contributed by atoms with Gasteiger partial charge in [-0.15, -0.1) is 0 Å². The number of carbonyl (C=O) groups excluding carboxylic acids is 2. The molecule has 0 unspecified atom stereocenters. The number of anilines is 2. The van der Waals surface area contributed by atoms with E-state index in [1.165, 1.54) is 24.6 Å². The van der Waals surface area contributed by atoms with E-state index in [9.17, 15) is 19.7 Å². The van der Waals surface area contributed by atoms with Gasteiger partial charge in [0.05, 0.1) is 23.3 Å². The van der Waals surface area contributed by atoms with Crippen LogP contribution in [0.1, 0.15) is 16.1 Å². The number of amides is 3. The van der Waals surface area contributed by atoms with E-state index in [0.717, 1.165) is 0 Å². The topological polar surface area (TPSA) is 142 Å². The molecule has 0 aliphatic heterocycles. The van der Waals surface area contributed by atoms with Gasteiger partial charge in [0.25, 0.3) is 11.6 Å². The van der Waals surface area contributed by atoms with Gasteiger partial charge in [-0.2, -0.15) is 0 Å². The molecule has 2 heterocycles. The molecule has 0 bridgehead atoms. The normalized spacial score (nSPS) is 10.6. The summed E-state index contributed by atoms with van der Waals surface area (Å²) in [7, 11) is 0. The Hall–Kier alpha value is -4.60. The molecule has 4 aromatic rings. The molecule has 0 fully saturated rings. The van der Waals surface area contributed by atoms with Gasteiger partial charge >= 0.3 is 6.03 Å². The molecule has 10 heteroatoms. The Morgan fingerprint density at radius 2 is 1.77 bits per heavy atom. The Kier molecular flexibility index (Phi) is 5.35. The van der Waals surface area contributed by atoms with Crippen molar-refractivity contribution in [2.24, 2.45) is 0 Å². The predicted octanol–water partition coefficient (Wildman–Crippen LogP) is 4.24. The number of fused-ring (bicyclic) bond motifs is 1. The lowest BCUT2D eigenvalue weighted by Crippen LogP contribution is -2.27. The van der Waals surface area contributed by atoms with Crippen LogP contribution in [-0.4, -0.2) is 21.8 Å². The number of nitrogens with zero attached hydrogens (tertiary/aromatic N) is 1. The lowest BCUT2D eigenvalue weighted by molar-refractivity contribution is -0.384. The van der Waals surface area contributed by atoms with Crippen LogP contribution in [0.5, 0.6) is 0 Å². The highest BCUT2D eigenvalue weighted by Gasteiger charge is 2.16. The summed E-state index contributed by atoms with van der Waals surface area (Å²) in [4.78, 5) is 38.0. The first-order valence-electron chi connectivity index (χ1n) is 9.24. The summed E-state index contributed by atoms with van der Waals surface area (Å²) in [5.41, 5.74) is 1.86. The minimum atomic E-state index is -0.509. The number of carbonyl (C=O) groups is 2. The van der Waals surface area contributed by atoms with Gasteiger partial charge in [0.2, 0.25) is 0 Å². The van der Waals surface area contributed by atoms with Crippen LogP contribution in [-0.2, 0) is 6.54 Å². The quantitative estimate of drug-likeness (QED) is 0.273. The van der Waals surface area contributed by atoms with E-state index in [2.05, 4.69) is 20.9 Å². The van der Waals surface area contributed by atoms with E-state index in [0.29, 0.717) is 33.6 Å². The number of nitro benzene ring substituents is 1. The molecule has 156 valence electrons. The standard InChI is InChI=1S/C21H17N5O5/c27-20(18-12-22-19-8-7-15(26(29)30)10-17(18)19)24-13-3-5-14(6-4-13)25-21(28)23-11-16-2-1-9-31-16/h1-10,12,22H,11H2,(H,24,27)(H2,23,25,28). The van der Waals surface area contributed by atoms with E-state index in [-0.39, 0.29) is 12.2 Å². The molecule has 0 saturated carbocycles. The summed E-state index contributed by atoms with van der Waals surface area (Å²) >= 11 is 0. The predicted molar refractivity (Wildman–Crippen MR) is 114 cm³/mol. The number of urea groups is 1. The third-order valence-corrected chi connectivity index (χ3v) is 4.52. The van der Waals surface area contributed by atoms with Crippen LogP contribution < -0.4 is 16.0 Å². The Bertz CT molecular complexity index is 1250. The SMILES string of the molecule is O=C(NCc1ccco1)Nc1ccc(NC(=O)c2c[nH]c3ccc([N+](=O)[O-])cc23)cc1. The fourth-order valence-corrected chi connectivity index (χ4v) is 3.00. The monoisotopic (exact) mass is 419 g/mol. The van der Waals surface area contributed by atoms with Gasteiger partial charge in [-0.1, -0.05) is 0 Å². The summed E-state index contributed by atoms with van der Waals surface area (Å²) in [6, 6.07) is 13.9. The highest BCUT2D eigenvalue weighted by Crippen LogP contribution is 2.24. The van der Waals surface area contributed by atoms with Gasteiger partial charge in [-0.3, -0.25) is 14.9 Å². The fourth-order valence-electron chi connectivity index (χ4n) is 3.00. The lowest BCUT2D eigenvalue weighted by Gasteiger charge is -2.08. The van der Waals surface area contributed by atoms with Crippen LogP contribution in [0.3, 0.4) is 0 Å². The summed E-state index contributed by atoms with van der Waals surface area (Å²) in [5, 5.41) is 19.5. The average molecular weight is 419 g/mol. The summed E-state index contributed by atoms with van der Waals surface area (Å²) in [6.07, 6.45) is 3.03. The van der Waals surface area contributed by atoms with Crippen LogP contribution in [0.2, 0.25) is 0 Å². The number of aromatic nitrogens is 1. The van der Waals surface area contributed by atoms with E-state index >= 15 is 0 Å². The molecule has 0 radical (unpaired) electrons. The second-order valence-electron chi connectivity index (χ2n) is 6.61. The second-order valence-corrected chi connectivity index (χ2v) is 6.61. The number of nitro groups is 1. The van der Waals surface area contributed by atoms with Gasteiger partial charge in [-0.25, -0.2) is 4.79 Å². The largest absolute Gasteiger partial charge is 0.467 e. The van der Waals surface area contributed by atoms with Gasteiger partial charge in [0.15, 0.2) is 0 Å². The molecule has 4 rings (SSSR count). The Balaban J connectivity index is 1.39. The molecule has 3 amide bonds. The number of furan rings is 1. The van der Waals surface area contributed by atoms with Crippen LogP contribution >= 0.6 is 0 Å². The average Bonchev–Trinajstić information content (AvgIpc) is 3.43. The van der Waals surface area contributed by atoms with Crippen molar-refractivity contribution in [2.45, 2.75) is 6.54 Å². The second kappa shape index (κ2) is 8.41. The molecular weight excluding hydrogens is 402 g/mol. The van der Waals surface area contributed by atoms with Crippen molar-refractivity contribution in [3.63, 3.8) is 0 Å². The van der Waals surface area contributed by atoms with Gasteiger partial charge in [0.1, 0.15) is 5.76 Å². The highest BCUT2D eigenvalue weighted by molar-refractivity contribution is 6.13. The molecule has 2 aromatic heterocycles. The van der Waals surface area contributed by atoms with Crippen molar-refractivity contribution in [1.29, 1.82) is 0 Å². The maximum Gasteiger partial charge on any atom is 0.319 e. The number of benzene rings is 2. The molecule has 0 saturated heterocycles. The molecule has 0 atom stereocenters. The Labute approximate surface area is 175 Å². The van der Waals surface area contributed by atoms with Crippen molar-refractivity contribution in [1.82, 2.24) is 10.3 Å². The van der Waals surface area contributed by atoms with Crippen molar-refractivity contribution in [2.75, 3.05) is 10.6 Å². The van der Waals surface area contributed by atoms with Crippen LogP contribution in [0.4, 0.5) is 21.9 Å². The lowest BCUT2D eigenvalue weighted by atomic mass is 10.1. The maximum atomic E-state index is 12.6. The van der Waals surface area contributed by atoms with Gasteiger partial charge in [-0.05, 0) is 42.5 Å². The number of hydrogen-bond donors (Lipinski definition) is 4. The first-order chi connectivity index (χ1) is 15.0. The zero-order valence-electron chi connectivity index (χ0n) is 16.0. The van der Waals surface area contributed by atoms with E-state index in [4.69, 9.17) is 4.42 Å². The molecule has 0 aliphatic rings. The molecule has 0 aliphatic carbocycles. The number of hydrogen-bond acceptors (Lipinski definition) is 5. The van der Waals surface area contributed by atoms with Crippen molar-refractivity contribution in [3.8, 4) is 0 Å². The number of nitrogens with one attached hydrogen (secondary N) is 4. The number of H-pyrrole nitrogens is 1. The van der Waals surface area contributed by atoms with Crippen LogP contribution in [0.15, 0.2) is 71.5 Å². The summed E-state index contributed by atoms with van der Waals surface area (Å²) in [5.74, 6) is 0.222. The van der Waals surface area contributed by atoms with Crippen LogP contribution in [0.25, 0.3) is 10.9 Å². The third-order valence-electron chi connectivity index (χ3n) is 4.52. The summed E-state index contributed by atoms with van der Waals surface area (Å²) < 4.78 is 5.14. The van der Waals surface area contributed by atoms with Crippen molar-refractivity contribution >= 4 is 39.9 Å². The number of aromatic amines is 1. The van der Waals surface area contributed by atoms with E-state index in [1.54, 1.807) is 42.5 Å². The first-order valence-corrected chi connectivity index (χ1v) is 9.24. The molecule has 2 aromatic carbocycles. The van der Waals surface area contributed by atoms with Crippen molar-refractivity contribution < 1.29 is 18.9 Å². The first kappa shape index (κ1) is 19.7. The van der Waals surface area contributed by atoms with E-state index in [1.807, 2.05) is 0 Å². The Morgan fingerprint density at radius 3 is 2.45 bits per heavy atom. The van der Waals surface area contributed by atoms with E-state index < -0.39 is 16.9 Å². The molecule has 31 heavy (non-hydrogen) atoms. The molecule has 4 N–H and O–H groups in total. The molecule has 0 spiro atoms. The Morgan fingerprint density at radius 1 is 1.03 bits per heavy atom. The minimum Gasteiger partial charge on any atom is -0.467 e. The smallest absolute Gasteiger partial charge is 0.319 e. The van der Waals surface area contributed by atoms with Crippen molar-refractivity contribution in [3.05, 3.63) is 88.5 Å². The molecular formula is C21H17N5O5. The molecule has 10 nitrogen and oxygen atoms in total. The highest BCUT2D eigenvalue weighted by atomic mass is 16.6. The summed E-state index contributed by atoms with van der Waals surface area (Å²) in [6.45, 7) is 0.260. The maximum absolute atomic E-state index is 12.6. The fraction of sp³-hybridized carbons (Fsp3) is 0.0476. The van der Waals surface area contributed by atoms with Crippen LogP contribution in [0, 0.1) is 10.1 Å². The number of rotatable bonds is 6. The van der Waals surface area contributed by atoms with Gasteiger partial charge < -0.3 is 25.4 Å². The zero-order chi connectivity index (χ0) is 21.8. The van der Waals surface area contributed by atoms with Gasteiger partial charge in [0, 0.05) is 40.6 Å². The third kappa shape index (κ3) is 4.53.